The van der Waals surface area contributed by atoms with Crippen LogP contribution in [0.2, 0.25) is 0 Å². The predicted molar refractivity (Wildman–Crippen MR) is 138 cm³/mol. The number of anilines is 3. The lowest BCUT2D eigenvalue weighted by Gasteiger charge is -2.24. The second kappa shape index (κ2) is 10.2. The van der Waals surface area contributed by atoms with Gasteiger partial charge in [-0.1, -0.05) is 36.4 Å². The summed E-state index contributed by atoms with van der Waals surface area (Å²) in [4.78, 5) is 32.1. The highest BCUT2D eigenvalue weighted by Gasteiger charge is 2.29. The van der Waals surface area contributed by atoms with Gasteiger partial charge in [0.25, 0.3) is 11.8 Å². The van der Waals surface area contributed by atoms with Crippen LogP contribution in [0.4, 0.5) is 17.2 Å². The van der Waals surface area contributed by atoms with Gasteiger partial charge in [-0.2, -0.15) is 0 Å². The standard InChI is InChI=1S/C27H27N5O3/c1-32(2)21-10-6-9-19(16-21)26(34)31-23(17-7-4-3-5-8-17)24(33)27(35)30-20-11-12-22-18(15-20)13-14-29-25(22)28/h3-16,23-24,33H,1-2H3,(H2,28,29)(H,30,35)(H,31,34). The molecule has 0 radical (unpaired) electrons. The van der Waals surface area contributed by atoms with Gasteiger partial charge in [0.05, 0.1) is 6.04 Å². The lowest BCUT2D eigenvalue weighted by atomic mass is 9.99. The van der Waals surface area contributed by atoms with E-state index in [2.05, 4.69) is 15.6 Å². The summed E-state index contributed by atoms with van der Waals surface area (Å²) in [6, 6.07) is 22.0. The van der Waals surface area contributed by atoms with Crippen molar-refractivity contribution in [2.45, 2.75) is 12.1 Å². The van der Waals surface area contributed by atoms with Crippen molar-refractivity contribution in [3.8, 4) is 0 Å². The predicted octanol–water partition coefficient (Wildman–Crippen LogP) is 3.35. The molecule has 8 heteroatoms. The van der Waals surface area contributed by atoms with Crippen molar-refractivity contribution in [1.29, 1.82) is 0 Å². The normalized spacial score (nSPS) is 12.5. The average molecular weight is 470 g/mol. The van der Waals surface area contributed by atoms with Gasteiger partial charge in [0.1, 0.15) is 5.82 Å². The van der Waals surface area contributed by atoms with Crippen LogP contribution in [0.3, 0.4) is 0 Å². The Bertz CT molecular complexity index is 1360. The molecule has 0 bridgehead atoms. The Labute approximate surface area is 203 Å². The van der Waals surface area contributed by atoms with E-state index in [0.29, 0.717) is 22.6 Å². The van der Waals surface area contributed by atoms with E-state index >= 15 is 0 Å². The van der Waals surface area contributed by atoms with E-state index in [1.54, 1.807) is 72.9 Å². The molecule has 1 aromatic heterocycles. The number of nitrogens with one attached hydrogen (secondary N) is 2. The molecule has 2 unspecified atom stereocenters. The molecule has 1 heterocycles. The molecule has 4 rings (SSSR count). The third kappa shape index (κ3) is 5.39. The van der Waals surface area contributed by atoms with Crippen LogP contribution in [0, 0.1) is 0 Å². The van der Waals surface area contributed by atoms with E-state index in [9.17, 15) is 14.7 Å². The van der Waals surface area contributed by atoms with E-state index in [4.69, 9.17) is 5.73 Å². The summed E-state index contributed by atoms with van der Waals surface area (Å²) in [7, 11) is 3.77. The van der Waals surface area contributed by atoms with Crippen LogP contribution in [0.5, 0.6) is 0 Å². The lowest BCUT2D eigenvalue weighted by molar-refractivity contribution is -0.125. The zero-order valence-electron chi connectivity index (χ0n) is 19.5. The molecular weight excluding hydrogens is 442 g/mol. The molecule has 8 nitrogen and oxygen atoms in total. The number of aromatic nitrogens is 1. The number of fused-ring (bicyclic) bond motifs is 1. The highest BCUT2D eigenvalue weighted by Crippen LogP contribution is 2.24. The first kappa shape index (κ1) is 23.7. The second-order valence-corrected chi connectivity index (χ2v) is 8.37. The molecule has 35 heavy (non-hydrogen) atoms. The number of aliphatic hydroxyl groups excluding tert-OH is 1. The maximum atomic E-state index is 13.1. The Hall–Kier alpha value is -4.43. The quantitative estimate of drug-likeness (QED) is 0.329. The average Bonchev–Trinajstić information content (AvgIpc) is 2.87. The molecule has 0 aliphatic carbocycles. The molecule has 3 aromatic carbocycles. The summed E-state index contributed by atoms with van der Waals surface area (Å²) in [6.07, 6.45) is 0.0428. The summed E-state index contributed by atoms with van der Waals surface area (Å²) in [5.74, 6) is -0.656. The number of benzene rings is 3. The fraction of sp³-hybridized carbons (Fsp3) is 0.148. The van der Waals surface area contributed by atoms with Gasteiger partial charge in [-0.25, -0.2) is 4.98 Å². The van der Waals surface area contributed by atoms with Crippen LogP contribution in [0.1, 0.15) is 22.0 Å². The number of hydrogen-bond acceptors (Lipinski definition) is 6. The molecule has 0 spiro atoms. The molecule has 0 fully saturated rings. The van der Waals surface area contributed by atoms with Gasteiger partial charge in [0.15, 0.2) is 6.10 Å². The van der Waals surface area contributed by atoms with Crippen molar-refractivity contribution >= 4 is 39.8 Å². The zero-order valence-corrected chi connectivity index (χ0v) is 19.5. The summed E-state index contributed by atoms with van der Waals surface area (Å²) in [5, 5.41) is 18.2. The van der Waals surface area contributed by atoms with Crippen LogP contribution in [0.15, 0.2) is 85.1 Å². The molecule has 178 valence electrons. The number of amides is 2. The highest BCUT2D eigenvalue weighted by molar-refractivity contribution is 6.00. The molecule has 5 N–H and O–H groups in total. The number of nitrogens with two attached hydrogens (primary N) is 1. The van der Waals surface area contributed by atoms with Crippen LogP contribution >= 0.6 is 0 Å². The van der Waals surface area contributed by atoms with Crippen molar-refractivity contribution in [2.75, 3.05) is 30.0 Å². The van der Waals surface area contributed by atoms with E-state index in [0.717, 1.165) is 16.5 Å². The van der Waals surface area contributed by atoms with E-state index < -0.39 is 24.0 Å². The number of hydrogen-bond donors (Lipinski definition) is 4. The minimum absolute atomic E-state index is 0.394. The van der Waals surface area contributed by atoms with Gasteiger partial charge in [0, 0.05) is 42.6 Å². The zero-order chi connectivity index (χ0) is 24.9. The number of carbonyl (C=O) groups excluding carboxylic acids is 2. The molecule has 0 saturated carbocycles. The number of rotatable bonds is 7. The maximum absolute atomic E-state index is 13.1. The summed E-state index contributed by atoms with van der Waals surface area (Å²) in [6.45, 7) is 0. The van der Waals surface area contributed by atoms with E-state index in [1.807, 2.05) is 31.1 Å². The third-order valence-electron chi connectivity index (χ3n) is 5.72. The van der Waals surface area contributed by atoms with Crippen molar-refractivity contribution in [2.24, 2.45) is 0 Å². The molecule has 4 aromatic rings. The van der Waals surface area contributed by atoms with E-state index in [-0.39, 0.29) is 0 Å². The molecule has 2 atom stereocenters. The molecular formula is C27H27N5O3. The molecule has 2 amide bonds. The first-order valence-corrected chi connectivity index (χ1v) is 11.1. The minimum Gasteiger partial charge on any atom is -0.383 e. The molecule has 0 aliphatic rings. The summed E-state index contributed by atoms with van der Waals surface area (Å²) in [5.41, 5.74) is 8.27. The molecule has 0 saturated heterocycles. The van der Waals surface area contributed by atoms with Crippen molar-refractivity contribution in [3.05, 3.63) is 96.2 Å². The summed E-state index contributed by atoms with van der Waals surface area (Å²) < 4.78 is 0. The Morgan fingerprint density at radius 1 is 0.971 bits per heavy atom. The fourth-order valence-electron chi connectivity index (χ4n) is 3.80. The fourth-order valence-corrected chi connectivity index (χ4v) is 3.80. The third-order valence-corrected chi connectivity index (χ3v) is 5.72. The van der Waals surface area contributed by atoms with E-state index in [1.165, 1.54) is 0 Å². The Morgan fingerprint density at radius 2 is 1.74 bits per heavy atom. The minimum atomic E-state index is -1.54. The van der Waals surface area contributed by atoms with Crippen molar-refractivity contribution in [3.63, 3.8) is 0 Å². The molecule has 0 aliphatic heterocycles. The van der Waals surface area contributed by atoms with Gasteiger partial charge in [-0.3, -0.25) is 9.59 Å². The van der Waals surface area contributed by atoms with Crippen LogP contribution in [-0.2, 0) is 4.79 Å². The SMILES string of the molecule is CN(C)c1cccc(C(=O)NC(c2ccccc2)C(O)C(=O)Nc2ccc3c(N)nccc3c2)c1. The van der Waals surface area contributed by atoms with Gasteiger partial charge in [-0.15, -0.1) is 0 Å². The maximum Gasteiger partial charge on any atom is 0.255 e. The van der Waals surface area contributed by atoms with Gasteiger partial charge in [0.2, 0.25) is 0 Å². The topological polar surface area (TPSA) is 121 Å². The Kier molecular flexibility index (Phi) is 6.93. The first-order chi connectivity index (χ1) is 16.8. The second-order valence-electron chi connectivity index (χ2n) is 8.37. The number of aliphatic hydroxyl groups is 1. The monoisotopic (exact) mass is 469 g/mol. The smallest absolute Gasteiger partial charge is 0.255 e. The summed E-state index contributed by atoms with van der Waals surface area (Å²) >= 11 is 0. The van der Waals surface area contributed by atoms with Crippen molar-refractivity contribution < 1.29 is 14.7 Å². The van der Waals surface area contributed by atoms with Crippen LogP contribution in [-0.4, -0.2) is 42.1 Å². The lowest BCUT2D eigenvalue weighted by Crippen LogP contribution is -2.42. The Balaban J connectivity index is 1.57. The highest BCUT2D eigenvalue weighted by atomic mass is 16.3. The largest absolute Gasteiger partial charge is 0.383 e. The number of pyridine rings is 1. The number of carbonyl (C=O) groups is 2. The van der Waals surface area contributed by atoms with Crippen molar-refractivity contribution in [1.82, 2.24) is 10.3 Å². The van der Waals surface area contributed by atoms with Gasteiger partial charge >= 0.3 is 0 Å². The van der Waals surface area contributed by atoms with Crippen LogP contribution < -0.4 is 21.3 Å². The number of nitrogen functional groups attached to an aromatic ring is 1. The Morgan fingerprint density at radius 3 is 2.49 bits per heavy atom. The van der Waals surface area contributed by atoms with Gasteiger partial charge in [-0.05, 0) is 53.4 Å². The van der Waals surface area contributed by atoms with Gasteiger partial charge < -0.3 is 26.4 Å². The van der Waals surface area contributed by atoms with Crippen LogP contribution in [0.25, 0.3) is 10.8 Å². The first-order valence-electron chi connectivity index (χ1n) is 11.1. The number of nitrogens with zero attached hydrogens (tertiary/aromatic N) is 2.